The van der Waals surface area contributed by atoms with Crippen LogP contribution in [0.25, 0.3) is 0 Å². The van der Waals surface area contributed by atoms with Gasteiger partial charge < -0.3 is 19.7 Å². The number of rotatable bonds is 10. The van der Waals surface area contributed by atoms with E-state index >= 15 is 0 Å². The zero-order chi connectivity index (χ0) is 22.1. The number of aliphatic hydroxyl groups excluding tert-OH is 2. The molecule has 0 amide bonds. The molecule has 0 atom stereocenters. The van der Waals surface area contributed by atoms with Crippen LogP contribution in [0.3, 0.4) is 0 Å². The second kappa shape index (κ2) is 11.1. The fourth-order valence-corrected chi connectivity index (χ4v) is 3.58. The number of benzene rings is 1. The van der Waals surface area contributed by atoms with Crippen LogP contribution in [-0.4, -0.2) is 48.6 Å². The number of aliphatic hydroxyl groups is 2. The van der Waals surface area contributed by atoms with E-state index in [-0.39, 0.29) is 24.4 Å². The highest BCUT2D eigenvalue weighted by Gasteiger charge is 2.32. The zero-order valence-corrected chi connectivity index (χ0v) is 17.7. The molecular weight excluding hydrogens is 384 g/mol. The minimum absolute atomic E-state index is 0.0457. The van der Waals surface area contributed by atoms with Crippen LogP contribution in [-0.2, 0) is 24.5 Å². The summed E-state index contributed by atoms with van der Waals surface area (Å²) in [4.78, 5) is 23.9. The number of ether oxygens (including phenoxy) is 2. The maximum Gasteiger partial charge on any atom is 0.335 e. The van der Waals surface area contributed by atoms with Gasteiger partial charge in [-0.2, -0.15) is 0 Å². The highest BCUT2D eigenvalue weighted by Crippen LogP contribution is 2.34. The average molecular weight is 417 g/mol. The van der Waals surface area contributed by atoms with Crippen LogP contribution in [0.15, 0.2) is 48.6 Å². The van der Waals surface area contributed by atoms with Gasteiger partial charge in [0.2, 0.25) is 0 Å². The fourth-order valence-electron chi connectivity index (χ4n) is 3.58. The highest BCUT2D eigenvalue weighted by atomic mass is 16.5. The molecule has 2 rings (SSSR count). The summed E-state index contributed by atoms with van der Waals surface area (Å²) < 4.78 is 10.6. The third-order valence-electron chi connectivity index (χ3n) is 5.69. The van der Waals surface area contributed by atoms with Gasteiger partial charge in [-0.15, -0.1) is 0 Å². The molecular formula is C24H32O6. The fraction of sp³-hybridized carbons (Fsp3) is 0.500. The topological polar surface area (TPSA) is 93.1 Å². The van der Waals surface area contributed by atoms with Crippen LogP contribution in [0.2, 0.25) is 0 Å². The van der Waals surface area contributed by atoms with Crippen molar-refractivity contribution in [2.24, 2.45) is 0 Å². The van der Waals surface area contributed by atoms with E-state index in [1.807, 2.05) is 19.1 Å². The van der Waals surface area contributed by atoms with Gasteiger partial charge in [0.25, 0.3) is 0 Å². The van der Waals surface area contributed by atoms with Crippen molar-refractivity contribution in [1.82, 2.24) is 0 Å². The molecule has 1 aliphatic rings. The van der Waals surface area contributed by atoms with Gasteiger partial charge in [-0.3, -0.25) is 0 Å². The first kappa shape index (κ1) is 23.8. The average Bonchev–Trinajstić information content (AvgIpc) is 2.80. The predicted molar refractivity (Wildman–Crippen MR) is 114 cm³/mol. The molecule has 164 valence electrons. The quantitative estimate of drug-likeness (QED) is 0.450. The number of hydrogen-bond donors (Lipinski definition) is 2. The lowest BCUT2D eigenvalue weighted by atomic mass is 9.80. The smallest absolute Gasteiger partial charge is 0.335 e. The monoisotopic (exact) mass is 416 g/mol. The number of carbonyl (C=O) groups is 2. The Morgan fingerprint density at radius 3 is 1.83 bits per heavy atom. The maximum absolute atomic E-state index is 12.0. The minimum Gasteiger partial charge on any atom is -0.461 e. The molecule has 0 aromatic heterocycles. The summed E-state index contributed by atoms with van der Waals surface area (Å²) >= 11 is 0. The van der Waals surface area contributed by atoms with Crippen LogP contribution in [0, 0.1) is 0 Å². The Bertz CT molecular complexity index is 726. The molecule has 6 heteroatoms. The Labute approximate surface area is 178 Å². The van der Waals surface area contributed by atoms with Crippen LogP contribution in [0.1, 0.15) is 56.1 Å². The van der Waals surface area contributed by atoms with Crippen molar-refractivity contribution in [1.29, 1.82) is 0 Å². The molecule has 0 heterocycles. The molecule has 1 aliphatic carbocycles. The van der Waals surface area contributed by atoms with Crippen molar-refractivity contribution in [3.8, 4) is 0 Å². The lowest BCUT2D eigenvalue weighted by Gasteiger charge is -2.30. The van der Waals surface area contributed by atoms with Crippen LogP contribution < -0.4 is 0 Å². The molecule has 0 bridgehead atoms. The first-order valence-electron chi connectivity index (χ1n) is 10.3. The third kappa shape index (κ3) is 6.28. The van der Waals surface area contributed by atoms with Gasteiger partial charge in [0.05, 0.1) is 29.8 Å². The summed E-state index contributed by atoms with van der Waals surface area (Å²) in [7, 11) is 0. The normalized spacial score (nSPS) is 14.8. The lowest BCUT2D eigenvalue weighted by molar-refractivity contribution is -0.145. The molecule has 1 fully saturated rings. The van der Waals surface area contributed by atoms with E-state index in [9.17, 15) is 9.59 Å². The van der Waals surface area contributed by atoms with E-state index in [1.54, 1.807) is 0 Å². The van der Waals surface area contributed by atoms with Gasteiger partial charge >= 0.3 is 11.9 Å². The summed E-state index contributed by atoms with van der Waals surface area (Å²) in [6.07, 6.45) is 6.18. The second-order valence-corrected chi connectivity index (χ2v) is 8.19. The molecule has 30 heavy (non-hydrogen) atoms. The Kier molecular flexibility index (Phi) is 8.81. The molecule has 1 saturated carbocycles. The molecule has 6 nitrogen and oxygen atoms in total. The molecule has 0 unspecified atom stereocenters. The number of esters is 2. The summed E-state index contributed by atoms with van der Waals surface area (Å²) in [6, 6.07) is 8.14. The van der Waals surface area contributed by atoms with Crippen molar-refractivity contribution >= 4 is 11.9 Å². The van der Waals surface area contributed by atoms with Crippen LogP contribution in [0.5, 0.6) is 0 Å². The van der Waals surface area contributed by atoms with Gasteiger partial charge in [-0.05, 0) is 36.8 Å². The molecule has 2 N–H and O–H groups in total. The maximum atomic E-state index is 12.0. The summed E-state index contributed by atoms with van der Waals surface area (Å²) in [5, 5.41) is 18.1. The summed E-state index contributed by atoms with van der Waals surface area (Å²) in [5.41, 5.74) is 1.23. The molecule has 0 radical (unpaired) electrons. The number of carbonyl (C=O) groups excluding carboxylic acids is 2. The first-order valence-corrected chi connectivity index (χ1v) is 10.3. The summed E-state index contributed by atoms with van der Waals surface area (Å²) in [6.45, 7) is 7.66. The zero-order valence-electron chi connectivity index (χ0n) is 17.7. The molecule has 1 aromatic carbocycles. The van der Waals surface area contributed by atoms with E-state index in [1.165, 1.54) is 37.7 Å². The van der Waals surface area contributed by atoms with Gasteiger partial charge in [0.1, 0.15) is 13.2 Å². The van der Waals surface area contributed by atoms with Crippen molar-refractivity contribution in [2.75, 3.05) is 26.4 Å². The van der Waals surface area contributed by atoms with Crippen molar-refractivity contribution in [3.63, 3.8) is 0 Å². The van der Waals surface area contributed by atoms with Crippen LogP contribution >= 0.6 is 0 Å². The van der Waals surface area contributed by atoms with Gasteiger partial charge in [-0.25, -0.2) is 9.59 Å². The van der Waals surface area contributed by atoms with Crippen molar-refractivity contribution < 1.29 is 29.3 Å². The third-order valence-corrected chi connectivity index (χ3v) is 5.69. The predicted octanol–water partition coefficient (Wildman–Crippen LogP) is 3.18. The SMILES string of the molecule is C=C(CO)C(=O)OCC(C)(COC(=O)C(=C)CO)c1ccc(C2CCCCC2)cc1. The minimum atomic E-state index is -0.818. The Morgan fingerprint density at radius 1 is 0.933 bits per heavy atom. The Morgan fingerprint density at radius 2 is 1.40 bits per heavy atom. The van der Waals surface area contributed by atoms with Gasteiger partial charge in [0, 0.05) is 0 Å². The number of hydrogen-bond acceptors (Lipinski definition) is 6. The van der Waals surface area contributed by atoms with E-state index in [2.05, 4.69) is 25.3 Å². The van der Waals surface area contributed by atoms with Gasteiger partial charge in [0.15, 0.2) is 0 Å². The Hall–Kier alpha value is -2.44. The molecule has 0 aliphatic heterocycles. The van der Waals surface area contributed by atoms with E-state index in [4.69, 9.17) is 19.7 Å². The molecule has 1 aromatic rings. The lowest BCUT2D eigenvalue weighted by Crippen LogP contribution is -2.36. The van der Waals surface area contributed by atoms with Crippen molar-refractivity contribution in [3.05, 3.63) is 59.7 Å². The van der Waals surface area contributed by atoms with E-state index in [0.29, 0.717) is 5.92 Å². The molecule has 0 spiro atoms. The standard InChI is InChI=1S/C24H32O6/c1-17(13-25)22(27)29-15-24(3,16-30-23(28)18(2)14-26)21-11-9-20(10-12-21)19-7-5-4-6-8-19/h9-12,19,25-26H,1-2,4-8,13-16H2,3H3. The Balaban J connectivity index is 2.18. The largest absolute Gasteiger partial charge is 0.461 e. The van der Waals surface area contributed by atoms with Crippen molar-refractivity contribution in [2.45, 2.75) is 50.4 Å². The molecule has 0 saturated heterocycles. The summed E-state index contributed by atoms with van der Waals surface area (Å²) in [5.74, 6) is -0.835. The van der Waals surface area contributed by atoms with Crippen LogP contribution in [0.4, 0.5) is 0 Å². The van der Waals surface area contributed by atoms with Gasteiger partial charge in [-0.1, -0.05) is 56.7 Å². The highest BCUT2D eigenvalue weighted by molar-refractivity contribution is 5.88. The second-order valence-electron chi connectivity index (χ2n) is 8.19. The first-order chi connectivity index (χ1) is 14.3. The van der Waals surface area contributed by atoms with E-state index < -0.39 is 30.6 Å². The van der Waals surface area contributed by atoms with E-state index in [0.717, 1.165) is 5.56 Å².